The number of ether oxygens (including phenoxy) is 1. The molecule has 0 saturated carbocycles. The Morgan fingerprint density at radius 1 is 1.33 bits per heavy atom. The minimum absolute atomic E-state index is 0.251. The average molecular weight is 290 g/mol. The first-order valence-electron chi connectivity index (χ1n) is 7.94. The summed E-state index contributed by atoms with van der Waals surface area (Å²) in [6.45, 7) is 7.84. The topological polar surface area (TPSA) is 41.6 Å². The van der Waals surface area contributed by atoms with Crippen LogP contribution in [-0.4, -0.2) is 25.3 Å². The van der Waals surface area contributed by atoms with E-state index in [-0.39, 0.29) is 6.09 Å². The number of anilines is 2. The van der Waals surface area contributed by atoms with Gasteiger partial charge in [-0.2, -0.15) is 0 Å². The third kappa shape index (κ3) is 4.13. The number of amides is 1. The maximum Gasteiger partial charge on any atom is 0.414 e. The molecule has 0 aliphatic carbocycles. The molecule has 1 N–H and O–H groups in total. The molecule has 2 unspecified atom stereocenters. The van der Waals surface area contributed by atoms with Crippen LogP contribution in [0.4, 0.5) is 16.2 Å². The molecule has 1 fully saturated rings. The summed E-state index contributed by atoms with van der Waals surface area (Å²) < 4.78 is 5.00. The van der Waals surface area contributed by atoms with Gasteiger partial charge in [0.05, 0.1) is 6.54 Å². The van der Waals surface area contributed by atoms with Gasteiger partial charge in [0.15, 0.2) is 0 Å². The van der Waals surface area contributed by atoms with Gasteiger partial charge in [-0.3, -0.25) is 4.90 Å². The van der Waals surface area contributed by atoms with Gasteiger partial charge in [0.1, 0.15) is 6.61 Å². The molecule has 4 nitrogen and oxygen atoms in total. The zero-order valence-electron chi connectivity index (χ0n) is 13.3. The highest BCUT2D eigenvalue weighted by molar-refractivity contribution is 5.89. The summed E-state index contributed by atoms with van der Waals surface area (Å²) in [7, 11) is 0. The Labute approximate surface area is 127 Å². The fourth-order valence-electron chi connectivity index (χ4n) is 2.61. The third-order valence-electron chi connectivity index (χ3n) is 4.17. The summed E-state index contributed by atoms with van der Waals surface area (Å²) >= 11 is 0. The number of nitrogens with zero attached hydrogens (tertiary/aromatic N) is 1. The fraction of sp³-hybridized carbons (Fsp3) is 0.588. The Balaban J connectivity index is 2.04. The smallest absolute Gasteiger partial charge is 0.414 e. The third-order valence-corrected chi connectivity index (χ3v) is 4.17. The zero-order valence-corrected chi connectivity index (χ0v) is 13.3. The van der Waals surface area contributed by atoms with Crippen molar-refractivity contribution in [1.29, 1.82) is 0 Å². The van der Waals surface area contributed by atoms with E-state index in [9.17, 15) is 4.79 Å². The van der Waals surface area contributed by atoms with E-state index in [1.807, 2.05) is 18.2 Å². The van der Waals surface area contributed by atoms with Crippen molar-refractivity contribution in [1.82, 2.24) is 0 Å². The minimum Gasteiger partial charge on any atom is -0.447 e. The molecule has 0 radical (unpaired) electrons. The Hall–Kier alpha value is -1.71. The normalized spacial score (nSPS) is 17.5. The molecule has 1 saturated heterocycles. The molecular formula is C17H26N2O2. The number of benzene rings is 1. The van der Waals surface area contributed by atoms with Crippen LogP contribution in [0.25, 0.3) is 0 Å². The van der Waals surface area contributed by atoms with Crippen LogP contribution in [0.1, 0.15) is 40.0 Å². The molecule has 21 heavy (non-hydrogen) atoms. The number of hydrogen-bond donors (Lipinski definition) is 1. The number of nitrogens with one attached hydrogen (secondary N) is 1. The van der Waals surface area contributed by atoms with E-state index in [2.05, 4.69) is 32.2 Å². The molecular weight excluding hydrogens is 264 g/mol. The second-order valence-corrected chi connectivity index (χ2v) is 5.81. The lowest BCUT2D eigenvalue weighted by Crippen LogP contribution is -2.24. The number of rotatable bonds is 7. The summed E-state index contributed by atoms with van der Waals surface area (Å²) in [6, 6.07) is 8.50. The summed E-state index contributed by atoms with van der Waals surface area (Å²) in [5.74, 6) is 0.721. The average Bonchev–Trinajstić information content (AvgIpc) is 2.92. The van der Waals surface area contributed by atoms with Crippen molar-refractivity contribution in [3.05, 3.63) is 24.3 Å². The summed E-state index contributed by atoms with van der Waals surface area (Å²) in [5.41, 5.74) is 1.98. The maximum atomic E-state index is 11.6. The van der Waals surface area contributed by atoms with Crippen molar-refractivity contribution < 1.29 is 9.53 Å². The molecule has 1 aliphatic heterocycles. The lowest BCUT2D eigenvalue weighted by atomic mass is 9.97. The molecule has 2 atom stereocenters. The Morgan fingerprint density at radius 2 is 2.14 bits per heavy atom. The summed E-state index contributed by atoms with van der Waals surface area (Å²) in [4.78, 5) is 13.3. The van der Waals surface area contributed by atoms with E-state index in [0.717, 1.165) is 23.7 Å². The van der Waals surface area contributed by atoms with Crippen molar-refractivity contribution >= 4 is 17.5 Å². The van der Waals surface area contributed by atoms with E-state index in [4.69, 9.17) is 4.74 Å². The zero-order chi connectivity index (χ0) is 15.2. The van der Waals surface area contributed by atoms with E-state index in [0.29, 0.717) is 19.2 Å². The van der Waals surface area contributed by atoms with Gasteiger partial charge in [-0.25, -0.2) is 4.79 Å². The number of carbonyl (C=O) groups excluding carboxylic acids is 1. The van der Waals surface area contributed by atoms with Crippen LogP contribution in [0.5, 0.6) is 0 Å². The van der Waals surface area contributed by atoms with Gasteiger partial charge in [-0.1, -0.05) is 33.3 Å². The molecule has 0 spiro atoms. The van der Waals surface area contributed by atoms with Gasteiger partial charge in [0.2, 0.25) is 0 Å². The van der Waals surface area contributed by atoms with Gasteiger partial charge in [0.25, 0.3) is 0 Å². The molecule has 1 aromatic carbocycles. The highest BCUT2D eigenvalue weighted by atomic mass is 16.6. The van der Waals surface area contributed by atoms with Crippen LogP contribution in [0.2, 0.25) is 0 Å². The van der Waals surface area contributed by atoms with E-state index in [1.54, 1.807) is 4.90 Å². The number of carbonyl (C=O) groups is 1. The molecule has 2 rings (SSSR count). The largest absolute Gasteiger partial charge is 0.447 e. The van der Waals surface area contributed by atoms with Crippen molar-refractivity contribution in [2.75, 3.05) is 23.4 Å². The Kier molecular flexibility index (Phi) is 5.48. The van der Waals surface area contributed by atoms with Gasteiger partial charge in [-0.15, -0.1) is 0 Å². The van der Waals surface area contributed by atoms with Crippen LogP contribution in [0.3, 0.4) is 0 Å². The van der Waals surface area contributed by atoms with E-state index in [1.165, 1.54) is 12.8 Å². The summed E-state index contributed by atoms with van der Waals surface area (Å²) in [5, 5.41) is 3.59. The minimum atomic E-state index is -0.251. The summed E-state index contributed by atoms with van der Waals surface area (Å²) in [6.07, 6.45) is 3.22. The molecule has 1 aliphatic rings. The van der Waals surface area contributed by atoms with E-state index >= 15 is 0 Å². The number of hydrogen-bond acceptors (Lipinski definition) is 3. The van der Waals surface area contributed by atoms with Crippen molar-refractivity contribution in [3.63, 3.8) is 0 Å². The van der Waals surface area contributed by atoms with Crippen molar-refractivity contribution in [2.45, 2.75) is 46.1 Å². The van der Waals surface area contributed by atoms with Gasteiger partial charge in [-0.05, 0) is 37.0 Å². The van der Waals surface area contributed by atoms with Crippen LogP contribution in [-0.2, 0) is 4.74 Å². The molecule has 1 heterocycles. The molecule has 4 heteroatoms. The number of cyclic esters (lactones) is 1. The monoisotopic (exact) mass is 290 g/mol. The molecule has 1 amide bonds. The van der Waals surface area contributed by atoms with E-state index < -0.39 is 0 Å². The second kappa shape index (κ2) is 7.34. The Morgan fingerprint density at radius 3 is 2.76 bits per heavy atom. The predicted octanol–water partition coefficient (Wildman–Crippen LogP) is 4.27. The maximum absolute atomic E-state index is 11.6. The Bertz CT molecular complexity index is 476. The lowest BCUT2D eigenvalue weighted by molar-refractivity contribution is 0.181. The van der Waals surface area contributed by atoms with Crippen LogP contribution in [0.15, 0.2) is 24.3 Å². The quantitative estimate of drug-likeness (QED) is 0.815. The van der Waals surface area contributed by atoms with Crippen molar-refractivity contribution in [3.8, 4) is 0 Å². The van der Waals surface area contributed by atoms with Gasteiger partial charge >= 0.3 is 6.09 Å². The molecule has 0 aromatic heterocycles. The van der Waals surface area contributed by atoms with Crippen LogP contribution >= 0.6 is 0 Å². The van der Waals surface area contributed by atoms with Gasteiger partial charge in [0, 0.05) is 17.4 Å². The highest BCUT2D eigenvalue weighted by Gasteiger charge is 2.23. The van der Waals surface area contributed by atoms with Crippen LogP contribution in [0, 0.1) is 5.92 Å². The van der Waals surface area contributed by atoms with Crippen LogP contribution < -0.4 is 10.2 Å². The predicted molar refractivity (Wildman–Crippen MR) is 86.9 cm³/mol. The lowest BCUT2D eigenvalue weighted by Gasteiger charge is -2.22. The molecule has 116 valence electrons. The fourth-order valence-corrected chi connectivity index (χ4v) is 2.61. The highest BCUT2D eigenvalue weighted by Crippen LogP contribution is 2.24. The SMILES string of the molecule is CCC(C)CC(CC)Nc1cccc(N2CCOC2=O)c1. The molecule has 0 bridgehead atoms. The van der Waals surface area contributed by atoms with Gasteiger partial charge < -0.3 is 10.1 Å². The van der Waals surface area contributed by atoms with Crippen molar-refractivity contribution in [2.24, 2.45) is 5.92 Å². The first-order valence-corrected chi connectivity index (χ1v) is 7.94. The first-order chi connectivity index (χ1) is 10.1. The second-order valence-electron chi connectivity index (χ2n) is 5.81. The molecule has 1 aromatic rings. The first kappa shape index (κ1) is 15.7. The standard InChI is InChI=1S/C17H26N2O2/c1-4-13(3)11-14(5-2)18-15-7-6-8-16(12-15)19-9-10-21-17(19)20/h6-8,12-14,18H,4-5,9-11H2,1-3H3.